The first-order chi connectivity index (χ1) is 20.4. The topological polar surface area (TPSA) is 269 Å². The van der Waals surface area contributed by atoms with Crippen LogP contribution in [0.15, 0.2) is 45.6 Å². The maximum atomic E-state index is 12.0. The van der Waals surface area contributed by atoms with Crippen LogP contribution >= 0.6 is 0 Å². The minimum Gasteiger partial charge on any atom is -0.507 e. The van der Waals surface area contributed by atoms with Crippen LogP contribution in [0.1, 0.15) is 0 Å². The predicted octanol–water partition coefficient (Wildman–Crippen LogP) is -2.47. The number of benzene rings is 2. The largest absolute Gasteiger partial charge is 0.507 e. The molecule has 0 bridgehead atoms. The average Bonchev–Trinajstić information content (AvgIpc) is 2.98. The number of ether oxygens (including phenoxy) is 4. The Morgan fingerprint density at radius 2 is 1.35 bits per heavy atom. The van der Waals surface area contributed by atoms with Crippen LogP contribution in [0, 0.1) is 0 Å². The SMILES string of the molecule is O=c1cc2oc(-c3ccc(O)c(O)c3)c(O[C@H]3O[C@H](CO)[C@@H](O)[C@H](O)[C@H]3O[C@@H]3O[C@H](CO)[C@@H](O)[C@H](O)[C@H]3O)cc-2c(O)c1. The van der Waals surface area contributed by atoms with Gasteiger partial charge in [0, 0.05) is 17.7 Å². The van der Waals surface area contributed by atoms with Crippen molar-refractivity contribution in [2.45, 2.75) is 61.4 Å². The van der Waals surface area contributed by atoms with E-state index in [-0.39, 0.29) is 28.4 Å². The van der Waals surface area contributed by atoms with Gasteiger partial charge in [-0.3, -0.25) is 4.79 Å². The number of rotatable bonds is 7. The summed E-state index contributed by atoms with van der Waals surface area (Å²) in [4.78, 5) is 12.0. The lowest BCUT2D eigenvalue weighted by Crippen LogP contribution is -2.65. The molecule has 4 aliphatic rings. The Balaban J connectivity index is 1.57. The minimum atomic E-state index is -1.90. The van der Waals surface area contributed by atoms with E-state index in [0.29, 0.717) is 0 Å². The lowest BCUT2D eigenvalue weighted by molar-refractivity contribution is -0.357. The Labute approximate surface area is 241 Å². The Morgan fingerprint density at radius 3 is 2.00 bits per heavy atom. The number of fused-ring (bicyclic) bond motifs is 1. The second-order valence-electron chi connectivity index (χ2n) is 10.1. The molecule has 5 rings (SSSR count). The number of aliphatic hydroxyl groups is 7. The highest BCUT2D eigenvalue weighted by Gasteiger charge is 2.51. The molecule has 0 spiro atoms. The van der Waals surface area contributed by atoms with E-state index in [4.69, 9.17) is 23.4 Å². The number of hydrogen-bond acceptors (Lipinski definition) is 16. The van der Waals surface area contributed by atoms with Crippen LogP contribution in [0.4, 0.5) is 0 Å². The highest BCUT2D eigenvalue weighted by Crippen LogP contribution is 2.43. The first-order valence-electron chi connectivity index (χ1n) is 13.0. The molecule has 1 aliphatic carbocycles. The van der Waals surface area contributed by atoms with Gasteiger partial charge in [-0.1, -0.05) is 0 Å². The van der Waals surface area contributed by atoms with Gasteiger partial charge in [0.05, 0.1) is 18.8 Å². The zero-order valence-corrected chi connectivity index (χ0v) is 22.1. The fourth-order valence-electron chi connectivity index (χ4n) is 4.88. The van der Waals surface area contributed by atoms with Crippen molar-refractivity contribution >= 4 is 0 Å². The minimum absolute atomic E-state index is 0.0112. The van der Waals surface area contributed by atoms with Crippen molar-refractivity contribution in [1.29, 1.82) is 0 Å². The van der Waals surface area contributed by atoms with Crippen LogP contribution in [0.2, 0.25) is 0 Å². The van der Waals surface area contributed by atoms with E-state index in [1.54, 1.807) is 0 Å². The standard InChI is InChI=1S/C27H30O16/c28-7-17-19(34)21(36)23(38)26(41-17)43-25-22(37)20(35)18(8-29)42-27(25)40-16-6-11-13(32)4-10(30)5-15(11)39-24(16)9-1-2-12(31)14(33)3-9/h1-6,17-23,25-29,31-38H,7-8H2/t17-,18-,19-,20-,21+,22+,23-,25-,26+,27+/m1/s1. The lowest BCUT2D eigenvalue weighted by Gasteiger charge is -2.45. The fourth-order valence-corrected chi connectivity index (χ4v) is 4.88. The predicted molar refractivity (Wildman–Crippen MR) is 139 cm³/mol. The fraction of sp³-hybridized carbons (Fsp3) is 0.444. The molecule has 10 N–H and O–H groups in total. The van der Waals surface area contributed by atoms with Gasteiger partial charge in [-0.25, -0.2) is 0 Å². The van der Waals surface area contributed by atoms with Gasteiger partial charge in [0.2, 0.25) is 6.29 Å². The Kier molecular flexibility index (Phi) is 8.77. The van der Waals surface area contributed by atoms with E-state index in [1.807, 2.05) is 0 Å². The summed E-state index contributed by atoms with van der Waals surface area (Å²) in [5, 5.41) is 102. The van der Waals surface area contributed by atoms with Gasteiger partial charge in [0.15, 0.2) is 40.8 Å². The van der Waals surface area contributed by atoms with E-state index in [1.165, 1.54) is 12.1 Å². The quantitative estimate of drug-likeness (QED) is 0.124. The van der Waals surface area contributed by atoms with Crippen molar-refractivity contribution in [3.63, 3.8) is 0 Å². The lowest BCUT2D eigenvalue weighted by atomic mass is 9.97. The summed E-state index contributed by atoms with van der Waals surface area (Å²) in [6, 6.07) is 6.79. The number of aromatic hydroxyl groups is 3. The molecular weight excluding hydrogens is 580 g/mol. The highest BCUT2D eigenvalue weighted by atomic mass is 16.8. The first kappa shape index (κ1) is 30.9. The molecule has 10 atom stereocenters. The molecule has 0 radical (unpaired) electrons. The van der Waals surface area contributed by atoms with Gasteiger partial charge in [-0.2, -0.15) is 0 Å². The molecule has 0 saturated carbocycles. The molecule has 3 aliphatic heterocycles. The first-order valence-corrected chi connectivity index (χ1v) is 13.0. The van der Waals surface area contributed by atoms with Crippen molar-refractivity contribution in [1.82, 2.24) is 0 Å². The molecule has 43 heavy (non-hydrogen) atoms. The van der Waals surface area contributed by atoms with E-state index < -0.39 is 97.3 Å². The van der Waals surface area contributed by atoms with Gasteiger partial charge in [0.1, 0.15) is 54.2 Å². The summed E-state index contributed by atoms with van der Waals surface area (Å²) in [6.07, 6.45) is -17.2. The molecule has 1 aromatic rings. The number of hydrogen-bond donors (Lipinski definition) is 10. The van der Waals surface area contributed by atoms with Crippen molar-refractivity contribution in [2.75, 3.05) is 13.2 Å². The molecule has 2 saturated heterocycles. The molecule has 16 heteroatoms. The molecule has 0 amide bonds. The molecule has 3 heterocycles. The van der Waals surface area contributed by atoms with Gasteiger partial charge in [-0.15, -0.1) is 0 Å². The summed E-state index contributed by atoms with van der Waals surface area (Å²) in [7, 11) is 0. The van der Waals surface area contributed by atoms with Crippen molar-refractivity contribution in [3.05, 3.63) is 46.6 Å². The van der Waals surface area contributed by atoms with E-state index >= 15 is 0 Å². The van der Waals surface area contributed by atoms with Crippen molar-refractivity contribution in [3.8, 4) is 45.6 Å². The second kappa shape index (κ2) is 12.2. The average molecular weight is 611 g/mol. The molecular formula is C27H30O16. The smallest absolute Gasteiger partial charge is 0.229 e. The number of phenols is 3. The zero-order valence-electron chi connectivity index (χ0n) is 22.1. The molecule has 2 fully saturated rings. The Hall–Kier alpha value is -3.55. The number of aliphatic hydroxyl groups excluding tert-OH is 7. The van der Waals surface area contributed by atoms with E-state index in [9.17, 15) is 55.9 Å². The van der Waals surface area contributed by atoms with Crippen LogP contribution in [-0.4, -0.2) is 126 Å². The van der Waals surface area contributed by atoms with Gasteiger partial charge >= 0.3 is 0 Å². The zero-order chi connectivity index (χ0) is 31.2. The maximum absolute atomic E-state index is 12.0. The van der Waals surface area contributed by atoms with Crippen LogP contribution in [0.3, 0.4) is 0 Å². The molecule has 0 aromatic heterocycles. The van der Waals surface area contributed by atoms with E-state index in [0.717, 1.165) is 24.3 Å². The third-order valence-corrected chi connectivity index (χ3v) is 7.25. The maximum Gasteiger partial charge on any atom is 0.229 e. The third-order valence-electron chi connectivity index (χ3n) is 7.25. The summed E-state index contributed by atoms with van der Waals surface area (Å²) in [5.74, 6) is -2.02. The molecule has 234 valence electrons. The molecule has 16 nitrogen and oxygen atoms in total. The third kappa shape index (κ3) is 5.85. The summed E-state index contributed by atoms with van der Waals surface area (Å²) in [6.45, 7) is -1.57. The molecule has 0 unspecified atom stereocenters. The van der Waals surface area contributed by atoms with Crippen molar-refractivity contribution < 1.29 is 74.4 Å². The number of phenolic OH excluding ortho intramolecular Hbond substituents is 3. The normalized spacial score (nSPS) is 33.0. The monoisotopic (exact) mass is 610 g/mol. The second-order valence-corrected chi connectivity index (χ2v) is 10.1. The Bertz CT molecular complexity index is 1460. The summed E-state index contributed by atoms with van der Waals surface area (Å²) in [5.41, 5.74) is -0.499. The summed E-state index contributed by atoms with van der Waals surface area (Å²) < 4.78 is 28.5. The van der Waals surface area contributed by atoms with Crippen LogP contribution < -0.4 is 10.2 Å². The van der Waals surface area contributed by atoms with Gasteiger partial charge < -0.3 is 74.4 Å². The van der Waals surface area contributed by atoms with E-state index in [2.05, 4.69) is 0 Å². The van der Waals surface area contributed by atoms with Gasteiger partial charge in [-0.05, 0) is 24.3 Å². The van der Waals surface area contributed by atoms with Crippen LogP contribution in [-0.2, 0) is 14.2 Å². The van der Waals surface area contributed by atoms with Gasteiger partial charge in [0.25, 0.3) is 0 Å². The van der Waals surface area contributed by atoms with Crippen molar-refractivity contribution in [2.24, 2.45) is 0 Å². The molecule has 1 aromatic carbocycles. The highest BCUT2D eigenvalue weighted by molar-refractivity contribution is 5.76. The summed E-state index contributed by atoms with van der Waals surface area (Å²) >= 11 is 0. The van der Waals surface area contributed by atoms with Crippen LogP contribution in [0.25, 0.3) is 22.6 Å². The van der Waals surface area contributed by atoms with Crippen LogP contribution in [0.5, 0.6) is 23.0 Å². The Morgan fingerprint density at radius 1 is 0.698 bits per heavy atom.